The lowest BCUT2D eigenvalue weighted by Crippen LogP contribution is -2.00. The van der Waals surface area contributed by atoms with Gasteiger partial charge in [-0.15, -0.1) is 0 Å². The number of ether oxygens (including phenoxy) is 1. The molecule has 0 radical (unpaired) electrons. The summed E-state index contributed by atoms with van der Waals surface area (Å²) in [5.41, 5.74) is 0.358. The van der Waals surface area contributed by atoms with Crippen molar-refractivity contribution in [3.8, 4) is 5.75 Å². The topological polar surface area (TPSA) is 34.4 Å². The Kier molecular flexibility index (Phi) is 3.54. The Hall–Kier alpha value is -1.68. The van der Waals surface area contributed by atoms with Crippen LogP contribution in [0.2, 0.25) is 5.22 Å². The summed E-state index contributed by atoms with van der Waals surface area (Å²) in [4.78, 5) is 0. The summed E-state index contributed by atoms with van der Waals surface area (Å²) in [6, 6.07) is 7.86. The number of benzene rings is 1. The predicted molar refractivity (Wildman–Crippen MR) is 64.0 cm³/mol. The third-order valence-corrected chi connectivity index (χ3v) is 2.46. The minimum absolute atomic E-state index is 0.313. The van der Waals surface area contributed by atoms with Gasteiger partial charge in [0.15, 0.2) is 5.22 Å². The summed E-state index contributed by atoms with van der Waals surface area (Å²) in [5.74, 6) is 0.882. The van der Waals surface area contributed by atoms with Crippen LogP contribution in [0.25, 0.3) is 0 Å². The van der Waals surface area contributed by atoms with Crippen molar-refractivity contribution < 1.29 is 13.5 Å². The van der Waals surface area contributed by atoms with E-state index >= 15 is 0 Å². The Bertz CT molecular complexity index is 513. The van der Waals surface area contributed by atoms with E-state index in [1.165, 1.54) is 13.2 Å². The van der Waals surface area contributed by atoms with Gasteiger partial charge in [0.25, 0.3) is 0 Å². The second kappa shape index (κ2) is 5.10. The van der Waals surface area contributed by atoms with Crippen LogP contribution in [0.1, 0.15) is 5.76 Å². The molecule has 3 nitrogen and oxygen atoms in total. The molecule has 1 N–H and O–H groups in total. The van der Waals surface area contributed by atoms with Crippen LogP contribution < -0.4 is 10.1 Å². The van der Waals surface area contributed by atoms with E-state index < -0.39 is 0 Å². The molecule has 2 aromatic rings. The third-order valence-electron chi connectivity index (χ3n) is 2.26. The number of halogens is 2. The Labute approximate surface area is 103 Å². The molecular weight excluding hydrogens is 245 g/mol. The number of furan rings is 1. The highest BCUT2D eigenvalue weighted by Gasteiger charge is 2.05. The van der Waals surface area contributed by atoms with Crippen molar-refractivity contribution in [3.05, 3.63) is 47.1 Å². The van der Waals surface area contributed by atoms with E-state index in [0.29, 0.717) is 29.0 Å². The SMILES string of the molecule is COc1ccc(F)c(NCc2ccc(Cl)o2)c1. The molecule has 0 aliphatic heterocycles. The zero-order valence-corrected chi connectivity index (χ0v) is 9.92. The van der Waals surface area contributed by atoms with E-state index in [2.05, 4.69) is 5.32 Å². The molecule has 0 unspecified atom stereocenters. The molecule has 5 heteroatoms. The number of nitrogens with one attached hydrogen (secondary N) is 1. The van der Waals surface area contributed by atoms with Gasteiger partial charge < -0.3 is 14.5 Å². The zero-order chi connectivity index (χ0) is 12.3. The maximum atomic E-state index is 13.4. The van der Waals surface area contributed by atoms with Crippen molar-refractivity contribution in [2.24, 2.45) is 0 Å². The molecule has 0 atom stereocenters. The first-order valence-electron chi connectivity index (χ1n) is 5.00. The lowest BCUT2D eigenvalue weighted by Gasteiger charge is -2.07. The van der Waals surface area contributed by atoms with Crippen LogP contribution in [-0.4, -0.2) is 7.11 Å². The molecule has 1 aromatic carbocycles. The molecular formula is C12H11ClFNO2. The molecule has 0 aliphatic rings. The van der Waals surface area contributed by atoms with Crippen LogP contribution in [0.3, 0.4) is 0 Å². The third kappa shape index (κ3) is 2.91. The number of rotatable bonds is 4. The van der Waals surface area contributed by atoms with Gasteiger partial charge in [-0.2, -0.15) is 0 Å². The van der Waals surface area contributed by atoms with Crippen molar-refractivity contribution in [2.45, 2.75) is 6.54 Å². The zero-order valence-electron chi connectivity index (χ0n) is 9.17. The van der Waals surface area contributed by atoms with Crippen LogP contribution in [0, 0.1) is 5.82 Å². The summed E-state index contributed by atoms with van der Waals surface area (Å²) in [7, 11) is 1.53. The second-order valence-electron chi connectivity index (χ2n) is 3.41. The average molecular weight is 256 g/mol. The van der Waals surface area contributed by atoms with Crippen LogP contribution >= 0.6 is 11.6 Å². The molecule has 90 valence electrons. The molecule has 0 aliphatic carbocycles. The van der Waals surface area contributed by atoms with Crippen molar-refractivity contribution in [3.63, 3.8) is 0 Å². The summed E-state index contributed by atoms with van der Waals surface area (Å²) in [6.45, 7) is 0.358. The highest BCUT2D eigenvalue weighted by atomic mass is 35.5. The Morgan fingerprint density at radius 1 is 1.35 bits per heavy atom. The van der Waals surface area contributed by atoms with Crippen LogP contribution in [0.4, 0.5) is 10.1 Å². The summed E-state index contributed by atoms with van der Waals surface area (Å²) < 4.78 is 23.6. The Morgan fingerprint density at radius 3 is 2.82 bits per heavy atom. The van der Waals surface area contributed by atoms with Crippen molar-refractivity contribution in [1.29, 1.82) is 0 Å². The van der Waals surface area contributed by atoms with Gasteiger partial charge in [-0.25, -0.2) is 4.39 Å². The maximum Gasteiger partial charge on any atom is 0.193 e. The lowest BCUT2D eigenvalue weighted by atomic mass is 10.3. The van der Waals surface area contributed by atoms with Gasteiger partial charge >= 0.3 is 0 Å². The van der Waals surface area contributed by atoms with Crippen molar-refractivity contribution in [2.75, 3.05) is 12.4 Å². The normalized spacial score (nSPS) is 10.3. The van der Waals surface area contributed by atoms with Crippen LogP contribution in [0.15, 0.2) is 34.7 Å². The lowest BCUT2D eigenvalue weighted by molar-refractivity contribution is 0.414. The molecule has 2 rings (SSSR count). The van der Waals surface area contributed by atoms with E-state index in [1.807, 2.05) is 0 Å². The first-order valence-corrected chi connectivity index (χ1v) is 5.38. The van der Waals surface area contributed by atoms with E-state index in [1.54, 1.807) is 24.3 Å². The minimum Gasteiger partial charge on any atom is -0.497 e. The quantitative estimate of drug-likeness (QED) is 0.905. The first-order chi connectivity index (χ1) is 8.19. The summed E-state index contributed by atoms with van der Waals surface area (Å²) in [5, 5.41) is 3.22. The van der Waals surface area contributed by atoms with Gasteiger partial charge in [-0.3, -0.25) is 0 Å². The molecule has 0 bridgehead atoms. The molecule has 17 heavy (non-hydrogen) atoms. The van der Waals surface area contributed by atoms with E-state index in [-0.39, 0.29) is 5.82 Å². The van der Waals surface area contributed by atoms with Gasteiger partial charge in [0.2, 0.25) is 0 Å². The van der Waals surface area contributed by atoms with Gasteiger partial charge in [-0.05, 0) is 35.9 Å². The van der Waals surface area contributed by atoms with E-state index in [9.17, 15) is 4.39 Å². The molecule has 0 fully saturated rings. The number of hydrogen-bond donors (Lipinski definition) is 1. The van der Waals surface area contributed by atoms with Gasteiger partial charge in [0.1, 0.15) is 17.3 Å². The minimum atomic E-state index is -0.344. The molecule has 0 spiro atoms. The standard InChI is InChI=1S/C12H11ClFNO2/c1-16-8-2-4-10(14)11(6-8)15-7-9-3-5-12(13)17-9/h2-6,15H,7H2,1H3. The predicted octanol–water partition coefficient (Wildman–Crippen LogP) is 3.69. The second-order valence-corrected chi connectivity index (χ2v) is 3.78. The first kappa shape index (κ1) is 11.8. The Morgan fingerprint density at radius 2 is 2.18 bits per heavy atom. The molecule has 1 heterocycles. The van der Waals surface area contributed by atoms with Gasteiger partial charge in [0, 0.05) is 6.07 Å². The monoisotopic (exact) mass is 255 g/mol. The molecule has 0 saturated carbocycles. The molecule has 0 saturated heterocycles. The maximum absolute atomic E-state index is 13.4. The van der Waals surface area contributed by atoms with Gasteiger partial charge in [-0.1, -0.05) is 0 Å². The average Bonchev–Trinajstić information content (AvgIpc) is 2.74. The number of hydrogen-bond acceptors (Lipinski definition) is 3. The van der Waals surface area contributed by atoms with Crippen molar-refractivity contribution >= 4 is 17.3 Å². The number of anilines is 1. The largest absolute Gasteiger partial charge is 0.497 e. The van der Waals surface area contributed by atoms with E-state index in [0.717, 1.165) is 0 Å². The van der Waals surface area contributed by atoms with Crippen LogP contribution in [-0.2, 0) is 6.54 Å². The van der Waals surface area contributed by atoms with Crippen LogP contribution in [0.5, 0.6) is 5.75 Å². The molecule has 0 amide bonds. The fourth-order valence-electron chi connectivity index (χ4n) is 1.40. The summed E-state index contributed by atoms with van der Waals surface area (Å²) >= 11 is 5.63. The Balaban J connectivity index is 2.07. The fourth-order valence-corrected chi connectivity index (χ4v) is 1.56. The van der Waals surface area contributed by atoms with Crippen molar-refractivity contribution in [1.82, 2.24) is 0 Å². The smallest absolute Gasteiger partial charge is 0.193 e. The van der Waals surface area contributed by atoms with Gasteiger partial charge in [0.05, 0.1) is 19.3 Å². The molecule has 1 aromatic heterocycles. The highest BCUT2D eigenvalue weighted by molar-refractivity contribution is 6.28. The number of methoxy groups -OCH3 is 1. The van der Waals surface area contributed by atoms with E-state index in [4.69, 9.17) is 20.8 Å². The highest BCUT2D eigenvalue weighted by Crippen LogP contribution is 2.22. The summed E-state index contributed by atoms with van der Waals surface area (Å²) in [6.07, 6.45) is 0. The fraction of sp³-hybridized carbons (Fsp3) is 0.167.